The lowest BCUT2D eigenvalue weighted by molar-refractivity contribution is -0.153. The molecule has 2 N–H and O–H groups in total. The van der Waals surface area contributed by atoms with E-state index in [4.69, 9.17) is 4.74 Å². The van der Waals surface area contributed by atoms with E-state index in [0.717, 1.165) is 32.2 Å². The van der Waals surface area contributed by atoms with Crippen molar-refractivity contribution in [1.29, 1.82) is 0 Å². The highest BCUT2D eigenvalue weighted by Crippen LogP contribution is 2.36. The molecule has 2 heterocycles. The zero-order chi connectivity index (χ0) is 10.7. The molecule has 2 aliphatic rings. The number of hydrogen-bond acceptors (Lipinski definition) is 3. The molecule has 1 unspecified atom stereocenters. The SMILES string of the molecule is O=C1NCCCCC1CC1(CO)COC1. The monoisotopic (exact) mass is 213 g/mol. The van der Waals surface area contributed by atoms with Crippen LogP contribution in [-0.4, -0.2) is 37.4 Å². The van der Waals surface area contributed by atoms with Crippen LogP contribution in [0.25, 0.3) is 0 Å². The van der Waals surface area contributed by atoms with Gasteiger partial charge in [-0.3, -0.25) is 4.79 Å². The van der Waals surface area contributed by atoms with E-state index in [2.05, 4.69) is 5.32 Å². The lowest BCUT2D eigenvalue weighted by atomic mass is 9.77. The third-order valence-electron chi connectivity index (χ3n) is 3.48. The molecule has 1 amide bonds. The summed E-state index contributed by atoms with van der Waals surface area (Å²) in [6.45, 7) is 2.15. The first-order valence-corrected chi connectivity index (χ1v) is 5.72. The van der Waals surface area contributed by atoms with Crippen molar-refractivity contribution in [1.82, 2.24) is 5.32 Å². The first-order chi connectivity index (χ1) is 7.26. The molecule has 4 nitrogen and oxygen atoms in total. The topological polar surface area (TPSA) is 58.6 Å². The van der Waals surface area contributed by atoms with Crippen molar-refractivity contribution in [2.75, 3.05) is 26.4 Å². The van der Waals surface area contributed by atoms with Gasteiger partial charge in [-0.1, -0.05) is 6.42 Å². The van der Waals surface area contributed by atoms with Gasteiger partial charge in [-0.2, -0.15) is 0 Å². The van der Waals surface area contributed by atoms with E-state index in [9.17, 15) is 9.90 Å². The van der Waals surface area contributed by atoms with E-state index in [-0.39, 0.29) is 23.8 Å². The van der Waals surface area contributed by atoms with Crippen molar-refractivity contribution in [3.05, 3.63) is 0 Å². The van der Waals surface area contributed by atoms with Gasteiger partial charge in [0, 0.05) is 17.9 Å². The van der Waals surface area contributed by atoms with E-state index in [1.807, 2.05) is 0 Å². The molecule has 4 heteroatoms. The highest BCUT2D eigenvalue weighted by molar-refractivity contribution is 5.78. The minimum atomic E-state index is -0.133. The summed E-state index contributed by atoms with van der Waals surface area (Å²) < 4.78 is 5.15. The van der Waals surface area contributed by atoms with Crippen LogP contribution in [-0.2, 0) is 9.53 Å². The standard InChI is InChI=1S/C11H19NO3/c13-6-11(7-15-8-11)5-9-3-1-2-4-12-10(9)14/h9,13H,1-8H2,(H,12,14). The summed E-state index contributed by atoms with van der Waals surface area (Å²) in [6.07, 6.45) is 3.90. The van der Waals surface area contributed by atoms with Crippen LogP contribution in [0.15, 0.2) is 0 Å². The maximum Gasteiger partial charge on any atom is 0.223 e. The van der Waals surface area contributed by atoms with Gasteiger partial charge in [0.15, 0.2) is 0 Å². The zero-order valence-corrected chi connectivity index (χ0v) is 9.00. The Labute approximate surface area is 90.0 Å². The number of aliphatic hydroxyl groups excluding tert-OH is 1. The molecule has 0 radical (unpaired) electrons. The Morgan fingerprint density at radius 2 is 2.27 bits per heavy atom. The van der Waals surface area contributed by atoms with Crippen LogP contribution in [0.4, 0.5) is 0 Å². The maximum absolute atomic E-state index is 11.7. The number of aliphatic hydroxyl groups is 1. The molecule has 0 spiro atoms. The number of amides is 1. The Balaban J connectivity index is 1.93. The van der Waals surface area contributed by atoms with Crippen molar-refractivity contribution in [3.8, 4) is 0 Å². The summed E-state index contributed by atoms with van der Waals surface area (Å²) in [7, 11) is 0. The van der Waals surface area contributed by atoms with Gasteiger partial charge in [0.1, 0.15) is 0 Å². The molecule has 2 saturated heterocycles. The zero-order valence-electron chi connectivity index (χ0n) is 9.00. The summed E-state index contributed by atoms with van der Waals surface area (Å²) in [4.78, 5) is 11.7. The average Bonchev–Trinajstić information content (AvgIpc) is 2.37. The van der Waals surface area contributed by atoms with Crippen LogP contribution in [0, 0.1) is 11.3 Å². The molecule has 2 aliphatic heterocycles. The van der Waals surface area contributed by atoms with Crippen molar-refractivity contribution in [3.63, 3.8) is 0 Å². The van der Waals surface area contributed by atoms with Gasteiger partial charge in [-0.15, -0.1) is 0 Å². The summed E-state index contributed by atoms with van der Waals surface area (Å²) in [5.74, 6) is 0.232. The third-order valence-corrected chi connectivity index (χ3v) is 3.48. The normalized spacial score (nSPS) is 30.2. The van der Waals surface area contributed by atoms with Crippen molar-refractivity contribution >= 4 is 5.91 Å². The molecular formula is C11H19NO3. The highest BCUT2D eigenvalue weighted by atomic mass is 16.5. The van der Waals surface area contributed by atoms with Gasteiger partial charge in [0.05, 0.1) is 19.8 Å². The van der Waals surface area contributed by atoms with E-state index in [1.165, 1.54) is 0 Å². The molecule has 2 rings (SSSR count). The number of nitrogens with one attached hydrogen (secondary N) is 1. The Bertz CT molecular complexity index is 232. The van der Waals surface area contributed by atoms with Crippen LogP contribution in [0.3, 0.4) is 0 Å². The average molecular weight is 213 g/mol. The van der Waals surface area contributed by atoms with Gasteiger partial charge < -0.3 is 15.2 Å². The summed E-state index contributed by atoms with van der Waals surface area (Å²) in [5.41, 5.74) is -0.133. The summed E-state index contributed by atoms with van der Waals surface area (Å²) >= 11 is 0. The molecule has 2 fully saturated rings. The van der Waals surface area contributed by atoms with Gasteiger partial charge >= 0.3 is 0 Å². The maximum atomic E-state index is 11.7. The molecule has 86 valence electrons. The van der Waals surface area contributed by atoms with Crippen LogP contribution in [0.1, 0.15) is 25.7 Å². The fourth-order valence-electron chi connectivity index (χ4n) is 2.38. The molecule has 0 aliphatic carbocycles. The number of carbonyl (C=O) groups is 1. The first kappa shape index (κ1) is 10.9. The van der Waals surface area contributed by atoms with Crippen LogP contribution < -0.4 is 5.32 Å². The minimum Gasteiger partial charge on any atom is -0.396 e. The van der Waals surface area contributed by atoms with E-state index in [0.29, 0.717) is 13.2 Å². The molecule has 0 aromatic heterocycles. The van der Waals surface area contributed by atoms with Crippen LogP contribution in [0.5, 0.6) is 0 Å². The Morgan fingerprint density at radius 1 is 1.47 bits per heavy atom. The van der Waals surface area contributed by atoms with Crippen LogP contribution in [0.2, 0.25) is 0 Å². The highest BCUT2D eigenvalue weighted by Gasteiger charge is 2.41. The predicted octanol–water partition coefficient (Wildman–Crippen LogP) is 0.302. The lowest BCUT2D eigenvalue weighted by Crippen LogP contribution is -2.48. The van der Waals surface area contributed by atoms with Gasteiger partial charge in [0.25, 0.3) is 0 Å². The molecule has 0 saturated carbocycles. The van der Waals surface area contributed by atoms with Gasteiger partial charge in [-0.05, 0) is 19.3 Å². The lowest BCUT2D eigenvalue weighted by Gasteiger charge is -2.41. The number of carbonyl (C=O) groups excluding carboxylic acids is 1. The minimum absolute atomic E-state index is 0.0727. The van der Waals surface area contributed by atoms with E-state index in [1.54, 1.807) is 0 Å². The fourth-order valence-corrected chi connectivity index (χ4v) is 2.38. The van der Waals surface area contributed by atoms with Gasteiger partial charge in [0.2, 0.25) is 5.91 Å². The number of hydrogen-bond donors (Lipinski definition) is 2. The van der Waals surface area contributed by atoms with E-state index >= 15 is 0 Å². The largest absolute Gasteiger partial charge is 0.396 e. The van der Waals surface area contributed by atoms with Gasteiger partial charge in [-0.25, -0.2) is 0 Å². The Kier molecular flexibility index (Phi) is 3.26. The molecule has 0 bridgehead atoms. The second-order valence-corrected chi connectivity index (χ2v) is 4.84. The number of rotatable bonds is 3. The molecular weight excluding hydrogens is 194 g/mol. The summed E-state index contributed by atoms with van der Waals surface area (Å²) in [5, 5.41) is 12.2. The number of ether oxygens (including phenoxy) is 1. The molecule has 1 atom stereocenters. The smallest absolute Gasteiger partial charge is 0.223 e. The molecule has 15 heavy (non-hydrogen) atoms. The second-order valence-electron chi connectivity index (χ2n) is 4.84. The molecule has 0 aromatic rings. The fraction of sp³-hybridized carbons (Fsp3) is 0.909. The first-order valence-electron chi connectivity index (χ1n) is 5.72. The summed E-state index contributed by atoms with van der Waals surface area (Å²) in [6, 6.07) is 0. The third kappa shape index (κ3) is 2.32. The Morgan fingerprint density at radius 3 is 2.87 bits per heavy atom. The van der Waals surface area contributed by atoms with Crippen molar-refractivity contribution in [2.45, 2.75) is 25.7 Å². The Hall–Kier alpha value is -0.610. The van der Waals surface area contributed by atoms with Crippen LogP contribution >= 0.6 is 0 Å². The van der Waals surface area contributed by atoms with Crippen molar-refractivity contribution in [2.24, 2.45) is 11.3 Å². The van der Waals surface area contributed by atoms with E-state index < -0.39 is 0 Å². The second kappa shape index (κ2) is 4.49. The van der Waals surface area contributed by atoms with Crippen molar-refractivity contribution < 1.29 is 14.6 Å². The molecule has 0 aromatic carbocycles. The quantitative estimate of drug-likeness (QED) is 0.709. The predicted molar refractivity (Wildman–Crippen MR) is 55.3 cm³/mol.